The van der Waals surface area contributed by atoms with E-state index in [2.05, 4.69) is 13.8 Å². The molecule has 3 nitrogen and oxygen atoms in total. The van der Waals surface area contributed by atoms with Gasteiger partial charge in [-0.2, -0.15) is 0 Å². The van der Waals surface area contributed by atoms with E-state index in [4.69, 9.17) is 5.73 Å². The van der Waals surface area contributed by atoms with E-state index in [1.807, 2.05) is 11.9 Å². The van der Waals surface area contributed by atoms with Gasteiger partial charge in [-0.1, -0.05) is 20.3 Å². The molecule has 19 heavy (non-hydrogen) atoms. The normalized spacial score (nSPS) is 33.7. The lowest BCUT2D eigenvalue weighted by atomic mass is 9.65. The zero-order valence-corrected chi connectivity index (χ0v) is 13.3. The highest BCUT2D eigenvalue weighted by Gasteiger charge is 2.41. The van der Waals surface area contributed by atoms with Crippen LogP contribution in [0.2, 0.25) is 0 Å². The van der Waals surface area contributed by atoms with Gasteiger partial charge in [0.1, 0.15) is 0 Å². The topological polar surface area (TPSA) is 46.3 Å². The van der Waals surface area contributed by atoms with Gasteiger partial charge < -0.3 is 10.6 Å². The third-order valence-corrected chi connectivity index (χ3v) is 4.78. The molecule has 0 spiro atoms. The van der Waals surface area contributed by atoms with Crippen molar-refractivity contribution in [3.63, 3.8) is 0 Å². The minimum Gasteiger partial charge on any atom is -0.345 e. The summed E-state index contributed by atoms with van der Waals surface area (Å²) in [6.45, 7) is 5.20. The van der Waals surface area contributed by atoms with E-state index < -0.39 is 0 Å². The average Bonchev–Trinajstić information content (AvgIpc) is 2.26. The van der Waals surface area contributed by atoms with Crippen LogP contribution in [0.15, 0.2) is 0 Å². The highest BCUT2D eigenvalue weighted by atomic mass is 35.5. The van der Waals surface area contributed by atoms with Crippen LogP contribution < -0.4 is 5.73 Å². The SMILES string of the molecule is CC(C)CN(C)C(=O)C1CC2CCCC(C1)C2N.Cl. The molecule has 2 aliphatic rings. The largest absolute Gasteiger partial charge is 0.345 e. The van der Waals surface area contributed by atoms with Gasteiger partial charge in [0.2, 0.25) is 5.91 Å². The smallest absolute Gasteiger partial charge is 0.225 e. The molecule has 112 valence electrons. The number of nitrogens with zero attached hydrogens (tertiary/aromatic N) is 1. The molecular formula is C15H29ClN2O. The number of rotatable bonds is 3. The lowest BCUT2D eigenvalue weighted by Gasteiger charge is -2.44. The standard InChI is InChI=1S/C15H28N2O.ClH/c1-10(2)9-17(3)15(18)13-7-11-5-4-6-12(8-13)14(11)16;/h10-14H,4-9,16H2,1-3H3;1H. The maximum Gasteiger partial charge on any atom is 0.225 e. The molecule has 1 amide bonds. The molecule has 2 atom stereocenters. The van der Waals surface area contributed by atoms with E-state index in [1.54, 1.807) is 0 Å². The van der Waals surface area contributed by atoms with Crippen LogP contribution in [0.4, 0.5) is 0 Å². The molecule has 2 aliphatic carbocycles. The Bertz CT molecular complexity index is 295. The molecule has 2 rings (SSSR count). The van der Waals surface area contributed by atoms with Crippen molar-refractivity contribution in [3.8, 4) is 0 Å². The highest BCUT2D eigenvalue weighted by Crippen LogP contribution is 2.42. The number of hydrogen-bond donors (Lipinski definition) is 1. The Morgan fingerprint density at radius 3 is 2.26 bits per heavy atom. The summed E-state index contributed by atoms with van der Waals surface area (Å²) in [5.74, 6) is 2.33. The molecule has 2 unspecified atom stereocenters. The van der Waals surface area contributed by atoms with E-state index >= 15 is 0 Å². The van der Waals surface area contributed by atoms with E-state index in [9.17, 15) is 4.79 Å². The average molecular weight is 289 g/mol. The fraction of sp³-hybridized carbons (Fsp3) is 0.933. The van der Waals surface area contributed by atoms with Gasteiger partial charge >= 0.3 is 0 Å². The Morgan fingerprint density at radius 1 is 1.26 bits per heavy atom. The van der Waals surface area contributed by atoms with Crippen molar-refractivity contribution >= 4 is 18.3 Å². The van der Waals surface area contributed by atoms with Gasteiger partial charge in [0.25, 0.3) is 0 Å². The van der Waals surface area contributed by atoms with Crippen LogP contribution >= 0.6 is 12.4 Å². The van der Waals surface area contributed by atoms with Crippen LogP contribution in [-0.2, 0) is 4.79 Å². The number of fused-ring (bicyclic) bond motifs is 2. The Kier molecular flexibility index (Phi) is 6.13. The first-order valence-corrected chi connectivity index (χ1v) is 7.49. The fourth-order valence-electron chi connectivity index (χ4n) is 3.94. The second-order valence-electron chi connectivity index (χ2n) is 6.81. The molecule has 0 aromatic rings. The van der Waals surface area contributed by atoms with E-state index in [-0.39, 0.29) is 18.3 Å². The first-order valence-electron chi connectivity index (χ1n) is 7.49. The quantitative estimate of drug-likeness (QED) is 0.868. The van der Waals surface area contributed by atoms with Crippen molar-refractivity contribution in [1.82, 2.24) is 4.90 Å². The van der Waals surface area contributed by atoms with E-state index in [0.29, 0.717) is 29.7 Å². The van der Waals surface area contributed by atoms with Gasteiger partial charge in [0.15, 0.2) is 0 Å². The molecule has 2 saturated carbocycles. The minimum absolute atomic E-state index is 0. The summed E-state index contributed by atoms with van der Waals surface area (Å²) in [6, 6.07) is 0.359. The van der Waals surface area contributed by atoms with Gasteiger partial charge in [0.05, 0.1) is 0 Å². The number of amides is 1. The number of halogens is 1. The van der Waals surface area contributed by atoms with E-state index in [0.717, 1.165) is 19.4 Å². The first-order chi connectivity index (χ1) is 8.49. The van der Waals surface area contributed by atoms with Crippen LogP contribution in [0.5, 0.6) is 0 Å². The zero-order chi connectivity index (χ0) is 13.3. The Balaban J connectivity index is 0.00000180. The number of hydrogen-bond acceptors (Lipinski definition) is 2. The van der Waals surface area contributed by atoms with Crippen molar-refractivity contribution in [2.75, 3.05) is 13.6 Å². The van der Waals surface area contributed by atoms with Crippen LogP contribution in [0.1, 0.15) is 46.0 Å². The molecule has 0 radical (unpaired) electrons. The second-order valence-corrected chi connectivity index (χ2v) is 6.81. The predicted octanol–water partition coefficient (Wildman–Crippen LogP) is 2.68. The minimum atomic E-state index is 0. The van der Waals surface area contributed by atoms with Crippen molar-refractivity contribution in [3.05, 3.63) is 0 Å². The lowest BCUT2D eigenvalue weighted by molar-refractivity contribution is -0.137. The fourth-order valence-corrected chi connectivity index (χ4v) is 3.94. The zero-order valence-electron chi connectivity index (χ0n) is 12.5. The molecular weight excluding hydrogens is 260 g/mol. The van der Waals surface area contributed by atoms with Gasteiger partial charge in [0, 0.05) is 25.6 Å². The molecule has 2 bridgehead atoms. The summed E-state index contributed by atoms with van der Waals surface area (Å²) in [7, 11) is 1.95. The molecule has 0 saturated heterocycles. The third-order valence-electron chi connectivity index (χ3n) is 4.78. The van der Waals surface area contributed by atoms with Gasteiger partial charge in [-0.05, 0) is 43.4 Å². The van der Waals surface area contributed by atoms with Gasteiger partial charge in [-0.25, -0.2) is 0 Å². The highest BCUT2D eigenvalue weighted by molar-refractivity contribution is 5.85. The first kappa shape index (κ1) is 16.8. The molecule has 0 aromatic carbocycles. The maximum absolute atomic E-state index is 12.5. The summed E-state index contributed by atoms with van der Waals surface area (Å²) in [4.78, 5) is 14.4. The second kappa shape index (κ2) is 6.94. The summed E-state index contributed by atoms with van der Waals surface area (Å²) in [5, 5.41) is 0. The molecule has 2 fully saturated rings. The maximum atomic E-state index is 12.5. The monoisotopic (exact) mass is 288 g/mol. The van der Waals surface area contributed by atoms with Crippen LogP contribution in [0.3, 0.4) is 0 Å². The predicted molar refractivity (Wildman–Crippen MR) is 81.3 cm³/mol. The summed E-state index contributed by atoms with van der Waals surface area (Å²) >= 11 is 0. The summed E-state index contributed by atoms with van der Waals surface area (Å²) in [5.41, 5.74) is 6.28. The third kappa shape index (κ3) is 3.85. The molecule has 0 aromatic heterocycles. The molecule has 0 heterocycles. The van der Waals surface area contributed by atoms with Gasteiger partial charge in [-0.3, -0.25) is 4.79 Å². The lowest BCUT2D eigenvalue weighted by Crippen LogP contribution is -2.49. The Hall–Kier alpha value is -0.280. The van der Waals surface area contributed by atoms with Gasteiger partial charge in [-0.15, -0.1) is 12.4 Å². The van der Waals surface area contributed by atoms with Crippen molar-refractivity contribution in [2.24, 2.45) is 29.4 Å². The van der Waals surface area contributed by atoms with Crippen LogP contribution in [0, 0.1) is 23.7 Å². The van der Waals surface area contributed by atoms with Crippen molar-refractivity contribution in [2.45, 2.75) is 52.0 Å². The van der Waals surface area contributed by atoms with Crippen molar-refractivity contribution < 1.29 is 4.79 Å². The number of carbonyl (C=O) groups is 1. The Morgan fingerprint density at radius 2 is 1.79 bits per heavy atom. The number of carbonyl (C=O) groups excluding carboxylic acids is 1. The summed E-state index contributed by atoms with van der Waals surface area (Å²) in [6.07, 6.45) is 5.83. The molecule has 0 aliphatic heterocycles. The summed E-state index contributed by atoms with van der Waals surface area (Å²) < 4.78 is 0. The van der Waals surface area contributed by atoms with Crippen LogP contribution in [0.25, 0.3) is 0 Å². The Labute approximate surface area is 123 Å². The van der Waals surface area contributed by atoms with Crippen molar-refractivity contribution in [1.29, 1.82) is 0 Å². The van der Waals surface area contributed by atoms with Crippen LogP contribution in [-0.4, -0.2) is 30.4 Å². The number of nitrogens with two attached hydrogens (primary N) is 1. The van der Waals surface area contributed by atoms with E-state index in [1.165, 1.54) is 19.3 Å². The molecule has 2 N–H and O–H groups in total. The molecule has 4 heteroatoms.